The molecule has 1 atom stereocenters. The van der Waals surface area contributed by atoms with E-state index in [4.69, 9.17) is 11.6 Å². The first-order chi connectivity index (χ1) is 14.6. The van der Waals surface area contributed by atoms with E-state index in [-0.39, 0.29) is 23.5 Å². The Balaban J connectivity index is 1.64. The second-order valence-electron chi connectivity index (χ2n) is 7.33. The Bertz CT molecular complexity index is 1110. The Hall–Kier alpha value is -3.08. The lowest BCUT2D eigenvalue weighted by atomic mass is 9.92. The fourth-order valence-electron chi connectivity index (χ4n) is 3.71. The molecule has 2 aromatic rings. The predicted molar refractivity (Wildman–Crippen MR) is 107 cm³/mol. The van der Waals surface area contributed by atoms with Crippen LogP contribution >= 0.6 is 11.6 Å². The van der Waals surface area contributed by atoms with Crippen molar-refractivity contribution in [3.05, 3.63) is 44.7 Å². The van der Waals surface area contributed by atoms with Gasteiger partial charge in [-0.3, -0.25) is 19.4 Å². The number of benzene rings is 1. The van der Waals surface area contributed by atoms with Crippen LogP contribution in [-0.4, -0.2) is 34.9 Å². The predicted octanol–water partition coefficient (Wildman–Crippen LogP) is 3.11. The van der Waals surface area contributed by atoms with Crippen molar-refractivity contribution in [2.45, 2.75) is 31.4 Å². The van der Waals surface area contributed by atoms with Gasteiger partial charge in [-0.05, 0) is 31.0 Å². The molecular formula is C19H17ClF3N5O3. The van der Waals surface area contributed by atoms with Gasteiger partial charge in [-0.2, -0.15) is 18.2 Å². The molecule has 0 spiro atoms. The van der Waals surface area contributed by atoms with Crippen molar-refractivity contribution in [3.8, 4) is 0 Å². The molecule has 0 bridgehead atoms. The molecule has 1 unspecified atom stereocenters. The minimum Gasteiger partial charge on any atom is -0.342 e. The van der Waals surface area contributed by atoms with E-state index in [2.05, 4.69) is 20.6 Å². The van der Waals surface area contributed by atoms with Gasteiger partial charge in [0.2, 0.25) is 17.8 Å². The number of fused-ring (bicyclic) bond motifs is 1. The molecule has 1 aromatic carbocycles. The number of nitrogens with one attached hydrogen (secondary N) is 3. The van der Waals surface area contributed by atoms with Crippen LogP contribution in [0.15, 0.2) is 23.0 Å². The number of anilines is 3. The van der Waals surface area contributed by atoms with Crippen molar-refractivity contribution >= 4 is 40.9 Å². The molecule has 2 amide bonds. The number of H-pyrrole nitrogens is 1. The highest BCUT2D eigenvalue weighted by molar-refractivity contribution is 6.31. The van der Waals surface area contributed by atoms with Gasteiger partial charge in [0, 0.05) is 25.2 Å². The van der Waals surface area contributed by atoms with Gasteiger partial charge in [-0.1, -0.05) is 11.6 Å². The Kier molecular flexibility index (Phi) is 5.38. The molecule has 164 valence electrons. The number of aromatic nitrogens is 2. The third-order valence-electron chi connectivity index (χ3n) is 5.20. The molecular weight excluding hydrogens is 439 g/mol. The fourth-order valence-corrected chi connectivity index (χ4v) is 3.94. The molecule has 1 fully saturated rings. The Morgan fingerprint density at radius 2 is 1.94 bits per heavy atom. The molecule has 1 aromatic heterocycles. The molecule has 4 rings (SSSR count). The monoisotopic (exact) mass is 455 g/mol. The third kappa shape index (κ3) is 4.22. The van der Waals surface area contributed by atoms with Gasteiger partial charge in [-0.25, -0.2) is 0 Å². The summed E-state index contributed by atoms with van der Waals surface area (Å²) in [5, 5.41) is 4.34. The Morgan fingerprint density at radius 3 is 2.61 bits per heavy atom. The van der Waals surface area contributed by atoms with Crippen LogP contribution in [0.2, 0.25) is 5.02 Å². The summed E-state index contributed by atoms with van der Waals surface area (Å²) in [5.41, 5.74) is -1.89. The molecule has 2 aliphatic heterocycles. The van der Waals surface area contributed by atoms with E-state index < -0.39 is 40.1 Å². The second kappa shape index (κ2) is 7.88. The summed E-state index contributed by atoms with van der Waals surface area (Å²) in [6.07, 6.45) is -3.16. The first-order valence-electron chi connectivity index (χ1n) is 9.50. The maximum absolute atomic E-state index is 13.1. The molecule has 8 nitrogen and oxygen atoms in total. The Labute approximate surface area is 178 Å². The van der Waals surface area contributed by atoms with Crippen LogP contribution in [0.1, 0.15) is 36.3 Å². The van der Waals surface area contributed by atoms with Crippen molar-refractivity contribution in [3.63, 3.8) is 0 Å². The number of aromatic amines is 1. The summed E-state index contributed by atoms with van der Waals surface area (Å²) in [6.45, 7) is 1.41. The van der Waals surface area contributed by atoms with Crippen LogP contribution in [0.4, 0.5) is 30.6 Å². The SMILES string of the molecule is O=C1CC(C(=O)Nc2ccc(Cl)c(C(F)(F)F)c2)c2c(nc(N3CCCC3)[nH]c2=O)N1. The third-order valence-corrected chi connectivity index (χ3v) is 5.53. The lowest BCUT2D eigenvalue weighted by Gasteiger charge is -2.25. The topological polar surface area (TPSA) is 107 Å². The number of hydrogen-bond acceptors (Lipinski definition) is 5. The molecule has 12 heteroatoms. The average molecular weight is 456 g/mol. The summed E-state index contributed by atoms with van der Waals surface area (Å²) in [4.78, 5) is 46.5. The lowest BCUT2D eigenvalue weighted by Crippen LogP contribution is -2.37. The van der Waals surface area contributed by atoms with Gasteiger partial charge in [0.1, 0.15) is 5.82 Å². The van der Waals surface area contributed by atoms with Gasteiger partial charge in [-0.15, -0.1) is 0 Å². The molecule has 2 aliphatic rings. The van der Waals surface area contributed by atoms with E-state index in [0.717, 1.165) is 18.9 Å². The van der Waals surface area contributed by atoms with Gasteiger partial charge >= 0.3 is 6.18 Å². The number of rotatable bonds is 3. The first kappa shape index (κ1) is 21.2. The van der Waals surface area contributed by atoms with Crippen molar-refractivity contribution in [1.29, 1.82) is 0 Å². The zero-order valence-electron chi connectivity index (χ0n) is 16.0. The van der Waals surface area contributed by atoms with E-state index in [9.17, 15) is 27.6 Å². The average Bonchev–Trinajstić information content (AvgIpc) is 3.22. The van der Waals surface area contributed by atoms with Crippen molar-refractivity contribution in [1.82, 2.24) is 9.97 Å². The quantitative estimate of drug-likeness (QED) is 0.659. The highest BCUT2D eigenvalue weighted by Gasteiger charge is 2.36. The van der Waals surface area contributed by atoms with E-state index in [1.165, 1.54) is 6.07 Å². The highest BCUT2D eigenvalue weighted by Crippen LogP contribution is 2.37. The summed E-state index contributed by atoms with van der Waals surface area (Å²) in [5.74, 6) is -2.25. The van der Waals surface area contributed by atoms with E-state index in [1.807, 2.05) is 4.90 Å². The molecule has 0 saturated carbocycles. The van der Waals surface area contributed by atoms with Gasteiger partial charge < -0.3 is 15.5 Å². The second-order valence-corrected chi connectivity index (χ2v) is 7.74. The fraction of sp³-hybridized carbons (Fsp3) is 0.368. The van der Waals surface area contributed by atoms with Crippen LogP contribution in [-0.2, 0) is 15.8 Å². The summed E-state index contributed by atoms with van der Waals surface area (Å²) < 4.78 is 39.2. The van der Waals surface area contributed by atoms with Gasteiger partial charge in [0.15, 0.2) is 0 Å². The number of carbonyl (C=O) groups is 2. The van der Waals surface area contributed by atoms with Crippen molar-refractivity contribution < 1.29 is 22.8 Å². The van der Waals surface area contributed by atoms with Crippen LogP contribution in [0.5, 0.6) is 0 Å². The standard InChI is InChI=1S/C19H17ClF3N5O3/c20-12-4-3-9(7-11(12)19(21,22)23)24-16(30)10-8-13(29)25-15-14(10)17(31)27-18(26-15)28-5-1-2-6-28/h3-4,7,10H,1-2,5-6,8H2,(H,24,30)(H2,25,26,27,29,31). The number of nitrogens with zero attached hydrogens (tertiary/aromatic N) is 2. The van der Waals surface area contributed by atoms with E-state index >= 15 is 0 Å². The summed E-state index contributed by atoms with van der Waals surface area (Å²) in [7, 11) is 0. The minimum absolute atomic E-state index is 0.0193. The molecule has 0 aliphatic carbocycles. The van der Waals surface area contributed by atoms with Crippen LogP contribution in [0.25, 0.3) is 0 Å². The number of halogens is 4. The van der Waals surface area contributed by atoms with Crippen LogP contribution in [0, 0.1) is 0 Å². The highest BCUT2D eigenvalue weighted by atomic mass is 35.5. The number of amides is 2. The maximum Gasteiger partial charge on any atom is 0.417 e. The largest absolute Gasteiger partial charge is 0.417 e. The number of hydrogen-bond donors (Lipinski definition) is 3. The first-order valence-corrected chi connectivity index (χ1v) is 9.88. The van der Waals surface area contributed by atoms with Crippen molar-refractivity contribution in [2.24, 2.45) is 0 Å². The smallest absolute Gasteiger partial charge is 0.342 e. The maximum atomic E-state index is 13.1. The Morgan fingerprint density at radius 1 is 1.23 bits per heavy atom. The zero-order chi connectivity index (χ0) is 22.3. The molecule has 3 heterocycles. The van der Waals surface area contributed by atoms with E-state index in [1.54, 1.807) is 0 Å². The van der Waals surface area contributed by atoms with Crippen LogP contribution in [0.3, 0.4) is 0 Å². The number of carbonyl (C=O) groups excluding carboxylic acids is 2. The minimum atomic E-state index is -4.71. The van der Waals surface area contributed by atoms with Gasteiger partial charge in [0.05, 0.1) is 22.1 Å². The number of alkyl halides is 3. The van der Waals surface area contributed by atoms with Gasteiger partial charge in [0.25, 0.3) is 5.56 Å². The zero-order valence-corrected chi connectivity index (χ0v) is 16.7. The molecule has 3 N–H and O–H groups in total. The lowest BCUT2D eigenvalue weighted by molar-refractivity contribution is -0.137. The normalized spacial score (nSPS) is 18.5. The molecule has 31 heavy (non-hydrogen) atoms. The summed E-state index contributed by atoms with van der Waals surface area (Å²) >= 11 is 5.60. The molecule has 1 saturated heterocycles. The van der Waals surface area contributed by atoms with Crippen molar-refractivity contribution in [2.75, 3.05) is 28.6 Å². The summed E-state index contributed by atoms with van der Waals surface area (Å²) in [6, 6.07) is 2.92. The molecule has 0 radical (unpaired) electrons. The van der Waals surface area contributed by atoms with E-state index in [0.29, 0.717) is 25.1 Å². The van der Waals surface area contributed by atoms with Crippen LogP contribution < -0.4 is 21.1 Å².